The Bertz CT molecular complexity index is 418. The zero-order valence-electron chi connectivity index (χ0n) is 11.1. The van der Waals surface area contributed by atoms with Gasteiger partial charge in [0, 0.05) is 11.6 Å². The predicted octanol–water partition coefficient (Wildman–Crippen LogP) is 2.65. The molecule has 0 spiro atoms. The van der Waals surface area contributed by atoms with Crippen LogP contribution in [0.25, 0.3) is 0 Å². The van der Waals surface area contributed by atoms with E-state index in [0.717, 1.165) is 12.8 Å². The molecule has 0 saturated heterocycles. The van der Waals surface area contributed by atoms with E-state index in [0.29, 0.717) is 11.5 Å². The Kier molecular flexibility index (Phi) is 5.01. The lowest BCUT2D eigenvalue weighted by Crippen LogP contribution is -2.33. The van der Waals surface area contributed by atoms with E-state index in [4.69, 9.17) is 0 Å². The van der Waals surface area contributed by atoms with Crippen LogP contribution < -0.4 is 5.32 Å². The van der Waals surface area contributed by atoms with Gasteiger partial charge in [0.2, 0.25) is 0 Å². The molecule has 0 aliphatic rings. The molecule has 0 aliphatic heterocycles. The summed E-state index contributed by atoms with van der Waals surface area (Å²) in [6, 6.07) is 4.15. The summed E-state index contributed by atoms with van der Waals surface area (Å²) in [5, 5.41) is 21.4. The standard InChI is InChI=1S/C14H21NO3/c1-4-9(2)7-10(3)15-14(18)11-5-6-12(16)13(17)8-11/h5-6,8-10,16-17H,4,7H2,1-3H3,(H,15,18). The molecule has 2 unspecified atom stereocenters. The third-order valence-electron chi connectivity index (χ3n) is 3.07. The molecule has 0 aliphatic carbocycles. The Morgan fingerprint density at radius 3 is 2.50 bits per heavy atom. The smallest absolute Gasteiger partial charge is 0.251 e. The molecule has 0 radical (unpaired) electrons. The first-order chi connectivity index (χ1) is 8.43. The molecule has 0 saturated carbocycles. The molecule has 4 heteroatoms. The highest BCUT2D eigenvalue weighted by Gasteiger charge is 2.13. The molecular weight excluding hydrogens is 230 g/mol. The molecule has 0 fully saturated rings. The second-order valence-electron chi connectivity index (χ2n) is 4.83. The lowest BCUT2D eigenvalue weighted by Gasteiger charge is -2.17. The van der Waals surface area contributed by atoms with E-state index in [1.54, 1.807) is 0 Å². The van der Waals surface area contributed by atoms with Crippen LogP contribution in [-0.4, -0.2) is 22.2 Å². The SMILES string of the molecule is CCC(C)CC(C)NC(=O)c1ccc(O)c(O)c1. The van der Waals surface area contributed by atoms with Crippen LogP contribution in [0.4, 0.5) is 0 Å². The fourth-order valence-corrected chi connectivity index (χ4v) is 1.80. The van der Waals surface area contributed by atoms with Crippen LogP contribution in [0.3, 0.4) is 0 Å². The van der Waals surface area contributed by atoms with Crippen molar-refractivity contribution in [2.24, 2.45) is 5.92 Å². The number of carbonyl (C=O) groups is 1. The van der Waals surface area contributed by atoms with Gasteiger partial charge in [-0.25, -0.2) is 0 Å². The topological polar surface area (TPSA) is 69.6 Å². The minimum absolute atomic E-state index is 0.0865. The summed E-state index contributed by atoms with van der Waals surface area (Å²) in [7, 11) is 0. The van der Waals surface area contributed by atoms with E-state index in [9.17, 15) is 15.0 Å². The maximum Gasteiger partial charge on any atom is 0.251 e. The van der Waals surface area contributed by atoms with Crippen LogP contribution in [0.2, 0.25) is 0 Å². The van der Waals surface area contributed by atoms with Crippen molar-refractivity contribution in [2.75, 3.05) is 0 Å². The average molecular weight is 251 g/mol. The number of phenolic OH excluding ortho intramolecular Hbond substituents is 2. The number of carbonyl (C=O) groups excluding carboxylic acids is 1. The third kappa shape index (κ3) is 3.95. The van der Waals surface area contributed by atoms with Gasteiger partial charge in [-0.3, -0.25) is 4.79 Å². The van der Waals surface area contributed by atoms with Crippen molar-refractivity contribution in [1.29, 1.82) is 0 Å². The van der Waals surface area contributed by atoms with Crippen LogP contribution >= 0.6 is 0 Å². The second kappa shape index (κ2) is 6.28. The molecule has 3 N–H and O–H groups in total. The summed E-state index contributed by atoms with van der Waals surface area (Å²) >= 11 is 0. The highest BCUT2D eigenvalue weighted by molar-refractivity contribution is 5.95. The lowest BCUT2D eigenvalue weighted by molar-refractivity contribution is 0.0935. The number of hydrogen-bond donors (Lipinski definition) is 3. The third-order valence-corrected chi connectivity index (χ3v) is 3.07. The van der Waals surface area contributed by atoms with Crippen molar-refractivity contribution < 1.29 is 15.0 Å². The number of benzene rings is 1. The first kappa shape index (κ1) is 14.4. The molecule has 1 aromatic carbocycles. The van der Waals surface area contributed by atoms with Gasteiger partial charge in [-0.15, -0.1) is 0 Å². The van der Waals surface area contributed by atoms with Crippen molar-refractivity contribution in [3.8, 4) is 11.5 Å². The molecule has 1 aromatic rings. The highest BCUT2D eigenvalue weighted by atomic mass is 16.3. The van der Waals surface area contributed by atoms with Crippen LogP contribution in [-0.2, 0) is 0 Å². The number of rotatable bonds is 5. The number of phenols is 2. The van der Waals surface area contributed by atoms with Crippen LogP contribution in [0.5, 0.6) is 11.5 Å². The second-order valence-corrected chi connectivity index (χ2v) is 4.83. The minimum atomic E-state index is -0.280. The molecule has 0 aromatic heterocycles. The normalized spacial score (nSPS) is 13.9. The lowest BCUT2D eigenvalue weighted by atomic mass is 10.00. The van der Waals surface area contributed by atoms with E-state index in [1.807, 2.05) is 6.92 Å². The molecular formula is C14H21NO3. The molecule has 1 rings (SSSR count). The molecule has 100 valence electrons. The zero-order valence-corrected chi connectivity index (χ0v) is 11.1. The van der Waals surface area contributed by atoms with Gasteiger partial charge >= 0.3 is 0 Å². The van der Waals surface area contributed by atoms with E-state index >= 15 is 0 Å². The van der Waals surface area contributed by atoms with Crippen molar-refractivity contribution >= 4 is 5.91 Å². The van der Waals surface area contributed by atoms with Crippen LogP contribution in [0.15, 0.2) is 18.2 Å². The van der Waals surface area contributed by atoms with E-state index < -0.39 is 0 Å². The quantitative estimate of drug-likeness (QED) is 0.705. The number of amides is 1. The predicted molar refractivity (Wildman–Crippen MR) is 70.8 cm³/mol. The Hall–Kier alpha value is -1.71. The molecule has 1 amide bonds. The molecule has 2 atom stereocenters. The van der Waals surface area contributed by atoms with E-state index in [-0.39, 0.29) is 23.4 Å². The monoisotopic (exact) mass is 251 g/mol. The van der Waals surface area contributed by atoms with E-state index in [1.165, 1.54) is 18.2 Å². The summed E-state index contributed by atoms with van der Waals surface area (Å²) < 4.78 is 0. The van der Waals surface area contributed by atoms with Crippen molar-refractivity contribution in [1.82, 2.24) is 5.32 Å². The maximum absolute atomic E-state index is 11.9. The van der Waals surface area contributed by atoms with Gasteiger partial charge in [0.1, 0.15) is 0 Å². The summed E-state index contributed by atoms with van der Waals surface area (Å²) in [4.78, 5) is 11.9. The first-order valence-electron chi connectivity index (χ1n) is 6.26. The summed E-state index contributed by atoms with van der Waals surface area (Å²) in [5.74, 6) is -0.175. The van der Waals surface area contributed by atoms with Crippen molar-refractivity contribution in [3.05, 3.63) is 23.8 Å². The van der Waals surface area contributed by atoms with Gasteiger partial charge < -0.3 is 15.5 Å². The van der Waals surface area contributed by atoms with Gasteiger partial charge in [0.05, 0.1) is 0 Å². The van der Waals surface area contributed by atoms with Gasteiger partial charge in [-0.05, 0) is 37.5 Å². The fraction of sp³-hybridized carbons (Fsp3) is 0.500. The number of nitrogens with one attached hydrogen (secondary N) is 1. The maximum atomic E-state index is 11.9. The highest BCUT2D eigenvalue weighted by Crippen LogP contribution is 2.24. The van der Waals surface area contributed by atoms with Gasteiger partial charge in [-0.1, -0.05) is 20.3 Å². The number of hydrogen-bond acceptors (Lipinski definition) is 3. The van der Waals surface area contributed by atoms with Crippen molar-refractivity contribution in [2.45, 2.75) is 39.7 Å². The van der Waals surface area contributed by atoms with Gasteiger partial charge in [0.15, 0.2) is 11.5 Å². The van der Waals surface area contributed by atoms with Crippen LogP contribution in [0, 0.1) is 5.92 Å². The Morgan fingerprint density at radius 2 is 1.94 bits per heavy atom. The summed E-state index contributed by atoms with van der Waals surface area (Å²) in [6.07, 6.45) is 2.01. The molecule has 0 bridgehead atoms. The zero-order chi connectivity index (χ0) is 13.7. The average Bonchev–Trinajstić information content (AvgIpc) is 2.32. The minimum Gasteiger partial charge on any atom is -0.504 e. The Labute approximate surface area is 108 Å². The van der Waals surface area contributed by atoms with Crippen molar-refractivity contribution in [3.63, 3.8) is 0 Å². The first-order valence-corrected chi connectivity index (χ1v) is 6.26. The summed E-state index contributed by atoms with van der Waals surface area (Å²) in [6.45, 7) is 6.23. The van der Waals surface area contributed by atoms with Gasteiger partial charge in [0.25, 0.3) is 5.91 Å². The molecule has 4 nitrogen and oxygen atoms in total. The Balaban J connectivity index is 2.62. The Morgan fingerprint density at radius 1 is 1.28 bits per heavy atom. The largest absolute Gasteiger partial charge is 0.504 e. The van der Waals surface area contributed by atoms with Gasteiger partial charge in [-0.2, -0.15) is 0 Å². The molecule has 0 heterocycles. The number of aromatic hydroxyl groups is 2. The fourth-order valence-electron chi connectivity index (χ4n) is 1.80. The van der Waals surface area contributed by atoms with E-state index in [2.05, 4.69) is 19.2 Å². The van der Waals surface area contributed by atoms with Crippen LogP contribution in [0.1, 0.15) is 44.0 Å². The molecule has 18 heavy (non-hydrogen) atoms. The summed E-state index contributed by atoms with van der Waals surface area (Å²) in [5.41, 5.74) is 0.348.